The highest BCUT2D eigenvalue weighted by molar-refractivity contribution is 5.74. The van der Waals surface area contributed by atoms with E-state index in [4.69, 9.17) is 4.74 Å². The zero-order chi connectivity index (χ0) is 20.2. The summed E-state index contributed by atoms with van der Waals surface area (Å²) in [5.74, 6) is 3.55. The number of nitrogens with zero attached hydrogens (tertiary/aromatic N) is 3. The van der Waals surface area contributed by atoms with Gasteiger partial charge in [0, 0.05) is 31.5 Å². The molecule has 1 aliphatic carbocycles. The zero-order valence-electron chi connectivity index (χ0n) is 17.4. The van der Waals surface area contributed by atoms with Crippen LogP contribution in [0.1, 0.15) is 73.6 Å². The SMILES string of the molecule is CCCOc1ccc(CNC(=O)N2CCC[C@@H](c3n[nH]c(C4CC4)n3)C2)c(C)c1. The Morgan fingerprint density at radius 2 is 2.17 bits per heavy atom. The standard InChI is InChI=1S/C22H31N5O2/c1-3-11-29-19-9-8-17(15(2)12-19)13-23-22(28)27-10-4-5-18(14-27)21-24-20(25-26-21)16-6-7-16/h8-9,12,16,18H,3-7,10-11,13-14H2,1-2H3,(H,23,28)(H,24,25,26)/t18-/m1/s1. The van der Waals surface area contributed by atoms with Gasteiger partial charge in [0.25, 0.3) is 0 Å². The number of amides is 2. The van der Waals surface area contributed by atoms with Gasteiger partial charge in [-0.2, -0.15) is 5.10 Å². The number of aromatic amines is 1. The Morgan fingerprint density at radius 1 is 1.31 bits per heavy atom. The van der Waals surface area contributed by atoms with E-state index in [1.54, 1.807) is 0 Å². The summed E-state index contributed by atoms with van der Waals surface area (Å²) in [5.41, 5.74) is 2.24. The third-order valence-corrected chi connectivity index (χ3v) is 5.77. The Morgan fingerprint density at radius 3 is 2.93 bits per heavy atom. The summed E-state index contributed by atoms with van der Waals surface area (Å²) in [6.45, 7) is 6.85. The monoisotopic (exact) mass is 397 g/mol. The van der Waals surface area contributed by atoms with Gasteiger partial charge in [-0.3, -0.25) is 5.10 Å². The Bertz CT molecular complexity index is 845. The first-order valence-corrected chi connectivity index (χ1v) is 10.8. The molecule has 7 heteroatoms. The number of hydrogen-bond donors (Lipinski definition) is 2. The smallest absolute Gasteiger partial charge is 0.317 e. The van der Waals surface area contributed by atoms with E-state index in [1.165, 1.54) is 12.8 Å². The van der Waals surface area contributed by atoms with Gasteiger partial charge in [-0.15, -0.1) is 0 Å². The molecular formula is C22H31N5O2. The molecule has 2 fully saturated rings. The van der Waals surface area contributed by atoms with Crippen molar-refractivity contribution >= 4 is 6.03 Å². The average molecular weight is 398 g/mol. The minimum atomic E-state index is -0.0154. The quantitative estimate of drug-likeness (QED) is 0.743. The van der Waals surface area contributed by atoms with Gasteiger partial charge >= 0.3 is 6.03 Å². The molecule has 0 spiro atoms. The van der Waals surface area contributed by atoms with Crippen LogP contribution < -0.4 is 10.1 Å². The third kappa shape index (κ3) is 4.89. The third-order valence-electron chi connectivity index (χ3n) is 5.77. The normalized spacial score (nSPS) is 19.2. The molecule has 1 saturated carbocycles. The Hall–Kier alpha value is -2.57. The largest absolute Gasteiger partial charge is 0.494 e. The van der Waals surface area contributed by atoms with E-state index in [0.29, 0.717) is 19.0 Å². The van der Waals surface area contributed by atoms with Crippen molar-refractivity contribution in [1.29, 1.82) is 0 Å². The number of aromatic nitrogens is 3. The highest BCUT2D eigenvalue weighted by atomic mass is 16.5. The van der Waals surface area contributed by atoms with Crippen molar-refractivity contribution in [2.45, 2.75) is 64.3 Å². The molecule has 1 aromatic carbocycles. The molecule has 7 nitrogen and oxygen atoms in total. The maximum absolute atomic E-state index is 12.7. The lowest BCUT2D eigenvalue weighted by Crippen LogP contribution is -2.44. The van der Waals surface area contributed by atoms with E-state index in [-0.39, 0.29) is 11.9 Å². The van der Waals surface area contributed by atoms with Crippen molar-refractivity contribution in [2.75, 3.05) is 19.7 Å². The summed E-state index contributed by atoms with van der Waals surface area (Å²) in [5, 5.41) is 10.6. The van der Waals surface area contributed by atoms with E-state index < -0.39 is 0 Å². The molecule has 1 atom stereocenters. The van der Waals surface area contributed by atoms with Gasteiger partial charge in [0.05, 0.1) is 6.61 Å². The average Bonchev–Trinajstić information content (AvgIpc) is 3.48. The zero-order valence-corrected chi connectivity index (χ0v) is 17.4. The minimum Gasteiger partial charge on any atom is -0.494 e. The molecule has 1 saturated heterocycles. The number of likely N-dealkylation sites (tertiary alicyclic amines) is 1. The van der Waals surface area contributed by atoms with Gasteiger partial charge in [-0.05, 0) is 62.3 Å². The highest BCUT2D eigenvalue weighted by Gasteiger charge is 2.31. The number of hydrogen-bond acceptors (Lipinski definition) is 4. The summed E-state index contributed by atoms with van der Waals surface area (Å²) in [4.78, 5) is 19.3. The van der Waals surface area contributed by atoms with Crippen molar-refractivity contribution in [3.63, 3.8) is 0 Å². The number of aryl methyl sites for hydroxylation is 1. The molecule has 1 aliphatic heterocycles. The lowest BCUT2D eigenvalue weighted by atomic mass is 9.97. The van der Waals surface area contributed by atoms with Crippen LogP contribution in [-0.4, -0.2) is 45.8 Å². The van der Waals surface area contributed by atoms with E-state index in [0.717, 1.165) is 60.9 Å². The van der Waals surface area contributed by atoms with Gasteiger partial charge in [0.1, 0.15) is 11.6 Å². The van der Waals surface area contributed by atoms with Gasteiger partial charge in [-0.25, -0.2) is 9.78 Å². The molecule has 1 aromatic heterocycles. The van der Waals surface area contributed by atoms with Crippen LogP contribution in [0.25, 0.3) is 0 Å². The summed E-state index contributed by atoms with van der Waals surface area (Å²) in [6.07, 6.45) is 5.42. The first-order chi connectivity index (χ1) is 14.1. The fraction of sp³-hybridized carbons (Fsp3) is 0.591. The van der Waals surface area contributed by atoms with E-state index in [1.807, 2.05) is 23.1 Å². The summed E-state index contributed by atoms with van der Waals surface area (Å²) < 4.78 is 5.68. The number of H-pyrrole nitrogens is 1. The van der Waals surface area contributed by atoms with Crippen LogP contribution in [-0.2, 0) is 6.54 Å². The van der Waals surface area contributed by atoms with Crippen molar-refractivity contribution < 1.29 is 9.53 Å². The molecule has 29 heavy (non-hydrogen) atoms. The van der Waals surface area contributed by atoms with Crippen LogP contribution >= 0.6 is 0 Å². The number of carbonyl (C=O) groups is 1. The van der Waals surface area contributed by atoms with Crippen LogP contribution in [0, 0.1) is 6.92 Å². The second-order valence-corrected chi connectivity index (χ2v) is 8.23. The van der Waals surface area contributed by atoms with Gasteiger partial charge in [-0.1, -0.05) is 13.0 Å². The number of rotatable bonds is 7. The molecule has 0 bridgehead atoms. The molecule has 2 N–H and O–H groups in total. The molecule has 2 aliphatic rings. The van der Waals surface area contributed by atoms with Crippen LogP contribution in [0.5, 0.6) is 5.75 Å². The van der Waals surface area contributed by atoms with E-state index >= 15 is 0 Å². The van der Waals surface area contributed by atoms with Crippen LogP contribution in [0.3, 0.4) is 0 Å². The lowest BCUT2D eigenvalue weighted by molar-refractivity contribution is 0.178. The molecule has 0 radical (unpaired) electrons. The molecular weight excluding hydrogens is 366 g/mol. The van der Waals surface area contributed by atoms with E-state index in [2.05, 4.69) is 34.3 Å². The molecule has 0 unspecified atom stereocenters. The maximum Gasteiger partial charge on any atom is 0.317 e. The topological polar surface area (TPSA) is 83.1 Å². The van der Waals surface area contributed by atoms with Gasteiger partial charge < -0.3 is 15.0 Å². The van der Waals surface area contributed by atoms with Crippen molar-refractivity contribution in [3.05, 3.63) is 41.0 Å². The second-order valence-electron chi connectivity index (χ2n) is 8.23. The Labute approximate surface area is 172 Å². The summed E-state index contributed by atoms with van der Waals surface area (Å²) in [6, 6.07) is 6.03. The molecule has 2 heterocycles. The van der Waals surface area contributed by atoms with Crippen molar-refractivity contribution in [2.24, 2.45) is 0 Å². The predicted molar refractivity (Wildman–Crippen MR) is 111 cm³/mol. The fourth-order valence-electron chi connectivity index (χ4n) is 3.84. The predicted octanol–water partition coefficient (Wildman–Crippen LogP) is 3.87. The van der Waals surface area contributed by atoms with Gasteiger partial charge in [0.2, 0.25) is 0 Å². The Balaban J connectivity index is 1.31. The molecule has 4 rings (SSSR count). The van der Waals surface area contributed by atoms with Gasteiger partial charge in [0.15, 0.2) is 5.82 Å². The maximum atomic E-state index is 12.7. The number of benzene rings is 1. The summed E-state index contributed by atoms with van der Waals surface area (Å²) in [7, 11) is 0. The summed E-state index contributed by atoms with van der Waals surface area (Å²) >= 11 is 0. The van der Waals surface area contributed by atoms with Crippen LogP contribution in [0.4, 0.5) is 4.79 Å². The number of ether oxygens (including phenoxy) is 1. The van der Waals surface area contributed by atoms with Crippen molar-refractivity contribution in [3.8, 4) is 5.75 Å². The minimum absolute atomic E-state index is 0.0154. The fourth-order valence-corrected chi connectivity index (χ4v) is 3.84. The first-order valence-electron chi connectivity index (χ1n) is 10.8. The second kappa shape index (κ2) is 8.84. The molecule has 2 amide bonds. The number of piperidine rings is 1. The number of carbonyl (C=O) groups excluding carboxylic acids is 1. The first kappa shape index (κ1) is 19.7. The molecule has 2 aromatic rings. The number of nitrogens with one attached hydrogen (secondary N) is 2. The Kier molecular flexibility index (Phi) is 6.02. The van der Waals surface area contributed by atoms with Crippen molar-refractivity contribution in [1.82, 2.24) is 25.4 Å². The lowest BCUT2D eigenvalue weighted by Gasteiger charge is -2.31. The van der Waals surface area contributed by atoms with Crippen LogP contribution in [0.2, 0.25) is 0 Å². The molecule has 156 valence electrons. The highest BCUT2D eigenvalue weighted by Crippen LogP contribution is 2.38. The van der Waals surface area contributed by atoms with E-state index in [9.17, 15) is 4.79 Å². The van der Waals surface area contributed by atoms with Crippen LogP contribution in [0.15, 0.2) is 18.2 Å². The number of urea groups is 1.